The average molecular weight is 297 g/mol. The topological polar surface area (TPSA) is 47.6 Å². The molecule has 2 aromatic rings. The summed E-state index contributed by atoms with van der Waals surface area (Å²) in [5, 5.41) is 2.91. The highest BCUT2D eigenvalue weighted by Gasteiger charge is 2.17. The summed E-state index contributed by atoms with van der Waals surface area (Å²) >= 11 is 0. The highest BCUT2D eigenvalue weighted by Crippen LogP contribution is 2.24. The summed E-state index contributed by atoms with van der Waals surface area (Å²) in [7, 11) is 0. The molecular weight excluding hydrogens is 278 g/mol. The third kappa shape index (κ3) is 3.93. The molecule has 22 heavy (non-hydrogen) atoms. The van der Waals surface area contributed by atoms with Gasteiger partial charge in [0.25, 0.3) is 0 Å². The van der Waals surface area contributed by atoms with Crippen LogP contribution in [0.25, 0.3) is 0 Å². The van der Waals surface area contributed by atoms with Crippen LogP contribution in [0.15, 0.2) is 54.6 Å². The molecule has 114 valence electrons. The smallest absolute Gasteiger partial charge is 0.224 e. The van der Waals surface area contributed by atoms with E-state index in [1.54, 1.807) is 0 Å². The van der Waals surface area contributed by atoms with Gasteiger partial charge in [0.15, 0.2) is 6.29 Å². The van der Waals surface area contributed by atoms with Crippen molar-refractivity contribution in [3.63, 3.8) is 0 Å². The van der Waals surface area contributed by atoms with Gasteiger partial charge in [-0.15, -0.1) is 0 Å². The first-order valence-corrected chi connectivity index (χ1v) is 7.48. The van der Waals surface area contributed by atoms with Crippen molar-refractivity contribution in [2.45, 2.75) is 19.1 Å². The zero-order valence-corrected chi connectivity index (χ0v) is 12.3. The van der Waals surface area contributed by atoms with Crippen molar-refractivity contribution in [2.24, 2.45) is 0 Å². The molecule has 0 aromatic heterocycles. The number of hydrogen-bond donors (Lipinski definition) is 1. The first kappa shape index (κ1) is 14.8. The number of aryl methyl sites for hydroxylation is 1. The first-order chi connectivity index (χ1) is 10.8. The van der Waals surface area contributed by atoms with Crippen LogP contribution >= 0.6 is 0 Å². The van der Waals surface area contributed by atoms with E-state index in [4.69, 9.17) is 9.47 Å². The molecule has 0 radical (unpaired) electrons. The van der Waals surface area contributed by atoms with Crippen molar-refractivity contribution in [2.75, 3.05) is 18.5 Å². The highest BCUT2D eigenvalue weighted by molar-refractivity contribution is 5.90. The normalized spacial score (nSPS) is 14.9. The van der Waals surface area contributed by atoms with Crippen LogP contribution in [0.2, 0.25) is 0 Å². The van der Waals surface area contributed by atoms with Gasteiger partial charge in [0.1, 0.15) is 0 Å². The Morgan fingerprint density at radius 3 is 2.36 bits per heavy atom. The molecule has 4 nitrogen and oxygen atoms in total. The van der Waals surface area contributed by atoms with Crippen molar-refractivity contribution < 1.29 is 14.3 Å². The summed E-state index contributed by atoms with van der Waals surface area (Å²) in [4.78, 5) is 12.0. The number of ether oxygens (including phenoxy) is 2. The molecule has 1 fully saturated rings. The molecule has 0 bridgehead atoms. The van der Waals surface area contributed by atoms with Crippen molar-refractivity contribution in [3.05, 3.63) is 65.7 Å². The van der Waals surface area contributed by atoms with E-state index >= 15 is 0 Å². The fourth-order valence-electron chi connectivity index (χ4n) is 2.40. The lowest BCUT2D eigenvalue weighted by atomic mass is 10.1. The number of benzene rings is 2. The minimum Gasteiger partial charge on any atom is -0.346 e. The highest BCUT2D eigenvalue weighted by atomic mass is 16.7. The minimum atomic E-state index is -0.275. The third-order valence-corrected chi connectivity index (χ3v) is 3.57. The van der Waals surface area contributed by atoms with Gasteiger partial charge in [-0.3, -0.25) is 4.79 Å². The van der Waals surface area contributed by atoms with Gasteiger partial charge in [-0.1, -0.05) is 42.5 Å². The Kier molecular flexibility index (Phi) is 4.83. The fraction of sp³-hybridized carbons (Fsp3) is 0.278. The number of rotatable bonds is 5. The van der Waals surface area contributed by atoms with Crippen LogP contribution < -0.4 is 5.32 Å². The molecule has 1 aliphatic heterocycles. The molecule has 0 saturated carbocycles. The number of amides is 1. The first-order valence-electron chi connectivity index (χ1n) is 7.48. The second kappa shape index (κ2) is 7.20. The van der Waals surface area contributed by atoms with Gasteiger partial charge < -0.3 is 14.8 Å². The summed E-state index contributed by atoms with van der Waals surface area (Å²) in [5.74, 6) is 0.0185. The van der Waals surface area contributed by atoms with Gasteiger partial charge in [-0.05, 0) is 24.1 Å². The van der Waals surface area contributed by atoms with E-state index < -0.39 is 0 Å². The van der Waals surface area contributed by atoms with E-state index in [1.807, 2.05) is 54.6 Å². The predicted octanol–water partition coefficient (Wildman–Crippen LogP) is 3.30. The van der Waals surface area contributed by atoms with E-state index in [1.165, 1.54) is 5.56 Å². The Balaban J connectivity index is 1.50. The third-order valence-electron chi connectivity index (χ3n) is 3.57. The Labute approximate surface area is 130 Å². The summed E-state index contributed by atoms with van der Waals surface area (Å²) in [6, 6.07) is 17.6. The van der Waals surface area contributed by atoms with Crippen LogP contribution in [0.3, 0.4) is 0 Å². The van der Waals surface area contributed by atoms with Crippen molar-refractivity contribution in [1.29, 1.82) is 0 Å². The Hall–Kier alpha value is -2.17. The fourth-order valence-corrected chi connectivity index (χ4v) is 2.40. The second-order valence-electron chi connectivity index (χ2n) is 5.23. The monoisotopic (exact) mass is 297 g/mol. The number of hydrogen-bond acceptors (Lipinski definition) is 3. The molecule has 1 saturated heterocycles. The molecule has 3 rings (SSSR count). The van der Waals surface area contributed by atoms with Crippen molar-refractivity contribution >= 4 is 11.6 Å². The molecule has 0 spiro atoms. The standard InChI is InChI=1S/C18H19NO3/c20-17(11-6-14-4-2-1-3-5-14)19-16-9-7-15(8-10-16)18-21-12-13-22-18/h1-5,7-10,18H,6,11-13H2,(H,19,20). The van der Waals surface area contributed by atoms with E-state index in [0.717, 1.165) is 17.7 Å². The van der Waals surface area contributed by atoms with Crippen LogP contribution in [-0.2, 0) is 20.7 Å². The van der Waals surface area contributed by atoms with E-state index in [9.17, 15) is 4.79 Å². The molecule has 4 heteroatoms. The van der Waals surface area contributed by atoms with Gasteiger partial charge in [0.05, 0.1) is 13.2 Å². The molecule has 0 atom stereocenters. The number of carbonyl (C=O) groups is 1. The summed E-state index contributed by atoms with van der Waals surface area (Å²) in [5.41, 5.74) is 2.93. The van der Waals surface area contributed by atoms with Gasteiger partial charge in [-0.2, -0.15) is 0 Å². The van der Waals surface area contributed by atoms with Gasteiger partial charge in [0, 0.05) is 17.7 Å². The molecular formula is C18H19NO3. The van der Waals surface area contributed by atoms with E-state index in [-0.39, 0.29) is 12.2 Å². The van der Waals surface area contributed by atoms with Crippen LogP contribution in [0.1, 0.15) is 23.8 Å². The molecule has 1 amide bonds. The Bertz CT molecular complexity index is 604. The van der Waals surface area contributed by atoms with Gasteiger partial charge >= 0.3 is 0 Å². The van der Waals surface area contributed by atoms with Gasteiger partial charge in [-0.25, -0.2) is 0 Å². The minimum absolute atomic E-state index is 0.0185. The van der Waals surface area contributed by atoms with E-state index in [0.29, 0.717) is 19.6 Å². The quantitative estimate of drug-likeness (QED) is 0.921. The lowest BCUT2D eigenvalue weighted by Gasteiger charge is -2.10. The van der Waals surface area contributed by atoms with Crippen molar-refractivity contribution in [1.82, 2.24) is 0 Å². The SMILES string of the molecule is O=C(CCc1ccccc1)Nc1ccc(C2OCCO2)cc1. The Morgan fingerprint density at radius 1 is 1.00 bits per heavy atom. The number of carbonyl (C=O) groups excluding carboxylic acids is 1. The molecule has 1 N–H and O–H groups in total. The predicted molar refractivity (Wildman–Crippen MR) is 84.5 cm³/mol. The maximum atomic E-state index is 12.0. The van der Waals surface area contributed by atoms with Gasteiger partial charge in [0.2, 0.25) is 5.91 Å². The maximum absolute atomic E-state index is 12.0. The molecule has 1 aliphatic rings. The van der Waals surface area contributed by atoms with Crippen LogP contribution in [0.4, 0.5) is 5.69 Å². The zero-order chi connectivity index (χ0) is 15.2. The van der Waals surface area contributed by atoms with Crippen LogP contribution in [0, 0.1) is 0 Å². The van der Waals surface area contributed by atoms with Crippen molar-refractivity contribution in [3.8, 4) is 0 Å². The molecule has 0 aliphatic carbocycles. The zero-order valence-electron chi connectivity index (χ0n) is 12.3. The maximum Gasteiger partial charge on any atom is 0.224 e. The summed E-state index contributed by atoms with van der Waals surface area (Å²) in [6.45, 7) is 1.26. The molecule has 2 aromatic carbocycles. The summed E-state index contributed by atoms with van der Waals surface area (Å²) in [6.07, 6.45) is 0.942. The Morgan fingerprint density at radius 2 is 1.68 bits per heavy atom. The van der Waals surface area contributed by atoms with Crippen LogP contribution in [0.5, 0.6) is 0 Å². The molecule has 1 heterocycles. The van der Waals surface area contributed by atoms with Crippen LogP contribution in [-0.4, -0.2) is 19.1 Å². The largest absolute Gasteiger partial charge is 0.346 e. The van der Waals surface area contributed by atoms with E-state index in [2.05, 4.69) is 5.32 Å². The lowest BCUT2D eigenvalue weighted by molar-refractivity contribution is -0.116. The average Bonchev–Trinajstić information content (AvgIpc) is 3.09. The number of anilines is 1. The number of nitrogens with one attached hydrogen (secondary N) is 1. The molecule has 0 unspecified atom stereocenters. The summed E-state index contributed by atoms with van der Waals surface area (Å²) < 4.78 is 10.9. The lowest BCUT2D eigenvalue weighted by Crippen LogP contribution is -2.12. The second-order valence-corrected chi connectivity index (χ2v) is 5.23.